The number of hydrogen-bond acceptors (Lipinski definition) is 3. The van der Waals surface area contributed by atoms with E-state index < -0.39 is 10.0 Å². The second-order valence-corrected chi connectivity index (χ2v) is 5.93. The molecule has 0 unspecified atom stereocenters. The van der Waals surface area contributed by atoms with Gasteiger partial charge in [0.25, 0.3) is 0 Å². The predicted molar refractivity (Wildman–Crippen MR) is 62.7 cm³/mol. The van der Waals surface area contributed by atoms with E-state index in [4.69, 9.17) is 0 Å². The minimum absolute atomic E-state index is 0.297. The maximum Gasteiger partial charge on any atom is 0.244 e. The monoisotopic (exact) mass is 254 g/mol. The van der Waals surface area contributed by atoms with Gasteiger partial charge in [0.15, 0.2) is 0 Å². The number of H-pyrrole nitrogens is 1. The van der Waals surface area contributed by atoms with Gasteiger partial charge < -0.3 is 4.57 Å². The zero-order chi connectivity index (χ0) is 12.5. The van der Waals surface area contributed by atoms with E-state index in [2.05, 4.69) is 10.2 Å². The number of aromatic nitrogens is 3. The molecular formula is C10H14N4O2S. The van der Waals surface area contributed by atoms with Gasteiger partial charge in [0, 0.05) is 44.8 Å². The van der Waals surface area contributed by atoms with E-state index in [9.17, 15) is 8.42 Å². The summed E-state index contributed by atoms with van der Waals surface area (Å²) >= 11 is 0. The van der Waals surface area contributed by atoms with Gasteiger partial charge in [0.1, 0.15) is 0 Å². The van der Waals surface area contributed by atoms with Crippen molar-refractivity contribution in [3.63, 3.8) is 0 Å². The van der Waals surface area contributed by atoms with Crippen molar-refractivity contribution in [3.8, 4) is 0 Å². The molecule has 0 saturated heterocycles. The van der Waals surface area contributed by atoms with Crippen LogP contribution in [0.15, 0.2) is 35.7 Å². The van der Waals surface area contributed by atoms with Crippen molar-refractivity contribution >= 4 is 10.0 Å². The minimum Gasteiger partial charge on any atom is -0.356 e. The van der Waals surface area contributed by atoms with Crippen LogP contribution in [-0.2, 0) is 23.6 Å². The Labute approximate surface area is 99.9 Å². The Hall–Kier alpha value is -1.60. The fourth-order valence-corrected chi connectivity index (χ4v) is 2.73. The third-order valence-corrected chi connectivity index (χ3v) is 4.26. The molecule has 2 heterocycles. The summed E-state index contributed by atoms with van der Waals surface area (Å²) in [5, 5.41) is 6.44. The van der Waals surface area contributed by atoms with Crippen molar-refractivity contribution < 1.29 is 8.42 Å². The molecule has 0 saturated carbocycles. The molecule has 2 aromatic rings. The van der Waals surface area contributed by atoms with Crippen LogP contribution in [-0.4, -0.2) is 34.5 Å². The molecule has 0 bridgehead atoms. The summed E-state index contributed by atoms with van der Waals surface area (Å²) in [7, 11) is -0.0857. The van der Waals surface area contributed by atoms with Gasteiger partial charge in [0.05, 0.1) is 11.1 Å². The first-order valence-electron chi connectivity index (χ1n) is 5.06. The highest BCUT2D eigenvalue weighted by Crippen LogP contribution is 2.16. The highest BCUT2D eigenvalue weighted by molar-refractivity contribution is 7.89. The van der Waals surface area contributed by atoms with Crippen LogP contribution < -0.4 is 0 Å². The van der Waals surface area contributed by atoms with Crippen molar-refractivity contribution in [2.75, 3.05) is 7.05 Å². The molecule has 2 aromatic heterocycles. The van der Waals surface area contributed by atoms with E-state index in [1.165, 1.54) is 4.31 Å². The molecule has 0 spiro atoms. The Morgan fingerprint density at radius 2 is 2.29 bits per heavy atom. The van der Waals surface area contributed by atoms with Gasteiger partial charge in [-0.1, -0.05) is 0 Å². The Bertz CT molecular complexity index is 586. The van der Waals surface area contributed by atoms with Crippen molar-refractivity contribution in [2.24, 2.45) is 7.05 Å². The number of aryl methyl sites for hydroxylation is 1. The van der Waals surface area contributed by atoms with Crippen LogP contribution in [0.4, 0.5) is 0 Å². The minimum atomic E-state index is -3.42. The van der Waals surface area contributed by atoms with Crippen LogP contribution in [0.3, 0.4) is 0 Å². The molecule has 0 aliphatic carbocycles. The maximum atomic E-state index is 12.2. The molecule has 0 radical (unpaired) electrons. The summed E-state index contributed by atoms with van der Waals surface area (Å²) in [5.41, 5.74) is 0.826. The second kappa shape index (κ2) is 4.34. The van der Waals surface area contributed by atoms with Gasteiger partial charge in [0.2, 0.25) is 10.0 Å². The molecule has 0 atom stereocenters. The first-order chi connectivity index (χ1) is 8.00. The standard InChI is InChI=1S/C10H14N4O2S/c1-13-4-3-10(8-13)17(15,16)14(2)7-9-5-11-12-6-9/h3-6,8H,7H2,1-2H3,(H,11,12). The normalized spacial score (nSPS) is 12.2. The van der Waals surface area contributed by atoms with Crippen molar-refractivity contribution in [2.45, 2.75) is 11.4 Å². The lowest BCUT2D eigenvalue weighted by Crippen LogP contribution is -2.26. The molecular weight excluding hydrogens is 240 g/mol. The van der Waals surface area contributed by atoms with Gasteiger partial charge >= 0.3 is 0 Å². The van der Waals surface area contributed by atoms with Crippen LogP contribution >= 0.6 is 0 Å². The molecule has 6 nitrogen and oxygen atoms in total. The summed E-state index contributed by atoms with van der Waals surface area (Å²) < 4.78 is 27.3. The number of aromatic amines is 1. The lowest BCUT2D eigenvalue weighted by Gasteiger charge is -2.14. The number of nitrogens with one attached hydrogen (secondary N) is 1. The average Bonchev–Trinajstić information content (AvgIpc) is 2.89. The first-order valence-corrected chi connectivity index (χ1v) is 6.50. The molecule has 0 aliphatic heterocycles. The summed E-state index contributed by atoms with van der Waals surface area (Å²) in [4.78, 5) is 0.297. The molecule has 2 rings (SSSR count). The van der Waals surface area contributed by atoms with E-state index in [0.717, 1.165) is 5.56 Å². The quantitative estimate of drug-likeness (QED) is 0.867. The zero-order valence-electron chi connectivity index (χ0n) is 9.66. The SMILES string of the molecule is CN(Cc1cn[nH]c1)S(=O)(=O)c1ccn(C)c1. The van der Waals surface area contributed by atoms with E-state index in [1.54, 1.807) is 49.5 Å². The molecule has 7 heteroatoms. The lowest BCUT2D eigenvalue weighted by molar-refractivity contribution is 0.466. The Balaban J connectivity index is 2.21. The van der Waals surface area contributed by atoms with E-state index in [1.807, 2.05) is 0 Å². The van der Waals surface area contributed by atoms with E-state index >= 15 is 0 Å². The zero-order valence-corrected chi connectivity index (χ0v) is 10.5. The summed E-state index contributed by atoms with van der Waals surface area (Å²) in [6.45, 7) is 0.299. The fraction of sp³-hybridized carbons (Fsp3) is 0.300. The number of rotatable bonds is 4. The molecule has 92 valence electrons. The molecule has 0 aliphatic rings. The van der Waals surface area contributed by atoms with Crippen LogP contribution in [0.2, 0.25) is 0 Å². The molecule has 0 amide bonds. The Morgan fingerprint density at radius 1 is 1.53 bits per heavy atom. The first kappa shape index (κ1) is 11.9. The number of sulfonamides is 1. The van der Waals surface area contributed by atoms with E-state index in [0.29, 0.717) is 11.4 Å². The Morgan fingerprint density at radius 3 is 2.82 bits per heavy atom. The van der Waals surface area contributed by atoms with Crippen molar-refractivity contribution in [3.05, 3.63) is 36.4 Å². The molecule has 0 fully saturated rings. The van der Waals surface area contributed by atoms with Gasteiger partial charge in [-0.3, -0.25) is 5.10 Å². The maximum absolute atomic E-state index is 12.2. The third-order valence-electron chi connectivity index (χ3n) is 2.47. The molecule has 0 aromatic carbocycles. The second-order valence-electron chi connectivity index (χ2n) is 3.88. The Kier molecular flexibility index (Phi) is 3.03. The topological polar surface area (TPSA) is 71.0 Å². The lowest BCUT2D eigenvalue weighted by atomic mass is 10.4. The number of nitrogens with zero attached hydrogens (tertiary/aromatic N) is 3. The smallest absolute Gasteiger partial charge is 0.244 e. The highest BCUT2D eigenvalue weighted by atomic mass is 32.2. The van der Waals surface area contributed by atoms with Gasteiger partial charge in [-0.15, -0.1) is 0 Å². The predicted octanol–water partition coefficient (Wildman–Crippen LogP) is 0.569. The number of hydrogen-bond donors (Lipinski definition) is 1. The van der Waals surface area contributed by atoms with Crippen LogP contribution in [0.1, 0.15) is 5.56 Å². The van der Waals surface area contributed by atoms with Crippen LogP contribution in [0.25, 0.3) is 0 Å². The molecule has 17 heavy (non-hydrogen) atoms. The van der Waals surface area contributed by atoms with Gasteiger partial charge in [-0.2, -0.15) is 9.40 Å². The van der Waals surface area contributed by atoms with E-state index in [-0.39, 0.29) is 0 Å². The van der Waals surface area contributed by atoms with Gasteiger partial charge in [-0.25, -0.2) is 8.42 Å². The third kappa shape index (κ3) is 2.40. The van der Waals surface area contributed by atoms with Gasteiger partial charge in [-0.05, 0) is 6.07 Å². The van der Waals surface area contributed by atoms with Crippen LogP contribution in [0, 0.1) is 0 Å². The summed E-state index contributed by atoms with van der Waals surface area (Å²) in [6, 6.07) is 1.58. The average molecular weight is 254 g/mol. The molecule has 1 N–H and O–H groups in total. The van der Waals surface area contributed by atoms with Crippen LogP contribution in [0.5, 0.6) is 0 Å². The fourth-order valence-electron chi connectivity index (χ4n) is 1.52. The highest BCUT2D eigenvalue weighted by Gasteiger charge is 2.21. The van der Waals surface area contributed by atoms with Crippen molar-refractivity contribution in [1.82, 2.24) is 19.1 Å². The largest absolute Gasteiger partial charge is 0.356 e. The summed E-state index contributed by atoms with van der Waals surface area (Å²) in [6.07, 6.45) is 6.58. The van der Waals surface area contributed by atoms with Crippen molar-refractivity contribution in [1.29, 1.82) is 0 Å². The summed E-state index contributed by atoms with van der Waals surface area (Å²) in [5.74, 6) is 0.